The molecule has 14 heavy (non-hydrogen) atoms. The highest BCUT2D eigenvalue weighted by atomic mass is 16.2. The van der Waals surface area contributed by atoms with E-state index in [9.17, 15) is 4.79 Å². The molecule has 0 aromatic heterocycles. The van der Waals surface area contributed by atoms with Gasteiger partial charge in [0, 0.05) is 26.2 Å². The molecule has 0 bridgehead atoms. The molecule has 1 aliphatic heterocycles. The third kappa shape index (κ3) is 2.96. The Hall–Kier alpha value is -0.610. The van der Waals surface area contributed by atoms with E-state index in [1.807, 2.05) is 19.0 Å². The van der Waals surface area contributed by atoms with Crippen LogP contribution in [0.4, 0.5) is 0 Å². The Morgan fingerprint density at radius 2 is 2.29 bits per heavy atom. The fraction of sp³-hybridized carbons (Fsp3) is 0.900. The predicted octanol–water partition coefficient (Wildman–Crippen LogP) is -0.242. The van der Waals surface area contributed by atoms with Gasteiger partial charge in [0.05, 0.1) is 6.54 Å². The number of likely N-dealkylation sites (N-methyl/N-ethyl adjacent to an activating group) is 1. The summed E-state index contributed by atoms with van der Waals surface area (Å²) in [6.45, 7) is 5.66. The van der Waals surface area contributed by atoms with Gasteiger partial charge in [-0.3, -0.25) is 9.69 Å². The number of hydrogen-bond donors (Lipinski definition) is 1. The first-order chi connectivity index (χ1) is 6.65. The first-order valence-corrected chi connectivity index (χ1v) is 5.27. The monoisotopic (exact) mass is 199 g/mol. The lowest BCUT2D eigenvalue weighted by Crippen LogP contribution is -2.53. The van der Waals surface area contributed by atoms with Gasteiger partial charge in [-0.15, -0.1) is 0 Å². The minimum atomic E-state index is 0.243. The summed E-state index contributed by atoms with van der Waals surface area (Å²) in [7, 11) is 3.84. The van der Waals surface area contributed by atoms with Gasteiger partial charge in [0.25, 0.3) is 0 Å². The topological polar surface area (TPSA) is 35.6 Å². The maximum Gasteiger partial charge on any atom is 0.236 e. The zero-order valence-electron chi connectivity index (χ0n) is 9.42. The van der Waals surface area contributed by atoms with Crippen molar-refractivity contribution in [3.05, 3.63) is 0 Å². The van der Waals surface area contributed by atoms with E-state index in [4.69, 9.17) is 0 Å². The molecule has 1 rings (SSSR count). The Bertz CT molecular complexity index is 196. The average Bonchev–Trinajstić information content (AvgIpc) is 2.14. The average molecular weight is 199 g/mol. The minimum Gasteiger partial charge on any atom is -0.343 e. The van der Waals surface area contributed by atoms with Gasteiger partial charge in [0.2, 0.25) is 5.91 Å². The zero-order valence-corrected chi connectivity index (χ0v) is 9.42. The molecule has 1 amide bonds. The number of carbonyl (C=O) groups excluding carboxylic acids is 1. The number of piperazine rings is 1. The minimum absolute atomic E-state index is 0.243. The number of amides is 1. The molecule has 82 valence electrons. The van der Waals surface area contributed by atoms with E-state index in [2.05, 4.69) is 17.1 Å². The third-order valence-electron chi connectivity index (χ3n) is 2.80. The molecule has 1 N–H and O–H groups in total. The van der Waals surface area contributed by atoms with Crippen LogP contribution in [0.25, 0.3) is 0 Å². The van der Waals surface area contributed by atoms with Crippen molar-refractivity contribution in [1.29, 1.82) is 0 Å². The number of hydrogen-bond acceptors (Lipinski definition) is 3. The second-order valence-corrected chi connectivity index (χ2v) is 4.05. The summed E-state index contributed by atoms with van der Waals surface area (Å²) in [5.74, 6) is 0.243. The summed E-state index contributed by atoms with van der Waals surface area (Å²) in [5, 5.41) is 3.12. The predicted molar refractivity (Wildman–Crippen MR) is 57.2 cm³/mol. The van der Waals surface area contributed by atoms with Crippen LogP contribution in [-0.4, -0.2) is 62.0 Å². The number of nitrogens with zero attached hydrogens (tertiary/aromatic N) is 2. The second kappa shape index (κ2) is 5.32. The standard InChI is InChI=1S/C10H21N3O/c1-9-7-12(3)10(14)8-13(9)6-4-5-11-2/h9,11H,4-8H2,1-3H3. The molecule has 1 heterocycles. The van der Waals surface area contributed by atoms with Crippen molar-refractivity contribution >= 4 is 5.91 Å². The number of nitrogens with one attached hydrogen (secondary N) is 1. The van der Waals surface area contributed by atoms with Crippen molar-refractivity contribution in [2.24, 2.45) is 0 Å². The molecule has 1 unspecified atom stereocenters. The highest BCUT2D eigenvalue weighted by molar-refractivity contribution is 5.78. The van der Waals surface area contributed by atoms with E-state index in [-0.39, 0.29) is 5.91 Å². The van der Waals surface area contributed by atoms with E-state index in [1.165, 1.54) is 0 Å². The summed E-state index contributed by atoms with van der Waals surface area (Å²) in [6.07, 6.45) is 1.11. The zero-order chi connectivity index (χ0) is 10.6. The maximum atomic E-state index is 11.5. The molecule has 0 saturated carbocycles. The van der Waals surface area contributed by atoms with E-state index in [1.54, 1.807) is 0 Å². The van der Waals surface area contributed by atoms with Gasteiger partial charge in [-0.2, -0.15) is 0 Å². The molecule has 4 heteroatoms. The van der Waals surface area contributed by atoms with Crippen LogP contribution in [0.5, 0.6) is 0 Å². The van der Waals surface area contributed by atoms with E-state index in [0.29, 0.717) is 12.6 Å². The number of rotatable bonds is 4. The van der Waals surface area contributed by atoms with Crippen LogP contribution in [0.1, 0.15) is 13.3 Å². The van der Waals surface area contributed by atoms with Crippen molar-refractivity contribution < 1.29 is 4.79 Å². The van der Waals surface area contributed by atoms with E-state index in [0.717, 1.165) is 26.1 Å². The summed E-state index contributed by atoms with van der Waals surface area (Å²) >= 11 is 0. The van der Waals surface area contributed by atoms with Gasteiger partial charge in [-0.05, 0) is 26.9 Å². The van der Waals surface area contributed by atoms with Gasteiger partial charge in [0.15, 0.2) is 0 Å². The molecule has 1 saturated heterocycles. The fourth-order valence-corrected chi connectivity index (χ4v) is 1.82. The van der Waals surface area contributed by atoms with Crippen LogP contribution < -0.4 is 5.32 Å². The molecule has 1 aliphatic rings. The molecule has 1 atom stereocenters. The SMILES string of the molecule is CNCCCN1CC(=O)N(C)CC1C. The smallest absolute Gasteiger partial charge is 0.236 e. The van der Waals surface area contributed by atoms with Crippen LogP contribution >= 0.6 is 0 Å². The molecular formula is C10H21N3O. The molecule has 4 nitrogen and oxygen atoms in total. The summed E-state index contributed by atoms with van der Waals surface area (Å²) in [5.41, 5.74) is 0. The van der Waals surface area contributed by atoms with Crippen LogP contribution in [0.3, 0.4) is 0 Å². The van der Waals surface area contributed by atoms with Crippen LogP contribution in [0.2, 0.25) is 0 Å². The summed E-state index contributed by atoms with van der Waals surface area (Å²) in [4.78, 5) is 15.5. The van der Waals surface area contributed by atoms with Crippen molar-refractivity contribution in [1.82, 2.24) is 15.1 Å². The highest BCUT2D eigenvalue weighted by Gasteiger charge is 2.26. The normalized spacial score (nSPS) is 24.4. The second-order valence-electron chi connectivity index (χ2n) is 4.05. The molecule has 0 aromatic carbocycles. The lowest BCUT2D eigenvalue weighted by Gasteiger charge is -2.37. The molecule has 0 aliphatic carbocycles. The van der Waals surface area contributed by atoms with Gasteiger partial charge >= 0.3 is 0 Å². The van der Waals surface area contributed by atoms with E-state index < -0.39 is 0 Å². The maximum absolute atomic E-state index is 11.5. The third-order valence-corrected chi connectivity index (χ3v) is 2.80. The summed E-state index contributed by atoms with van der Waals surface area (Å²) in [6, 6.07) is 0.495. The molecule has 0 radical (unpaired) electrons. The molecule has 0 spiro atoms. The van der Waals surface area contributed by atoms with Crippen LogP contribution in [0, 0.1) is 0 Å². The quantitative estimate of drug-likeness (QED) is 0.635. The van der Waals surface area contributed by atoms with Gasteiger partial charge in [0.1, 0.15) is 0 Å². The lowest BCUT2D eigenvalue weighted by molar-refractivity contribution is -0.136. The molecule has 0 aromatic rings. The van der Waals surface area contributed by atoms with E-state index >= 15 is 0 Å². The van der Waals surface area contributed by atoms with Gasteiger partial charge < -0.3 is 10.2 Å². The van der Waals surface area contributed by atoms with Crippen LogP contribution in [-0.2, 0) is 4.79 Å². The Labute approximate surface area is 86.2 Å². The Kier molecular flexibility index (Phi) is 4.35. The highest BCUT2D eigenvalue weighted by Crippen LogP contribution is 2.08. The van der Waals surface area contributed by atoms with Crippen LogP contribution in [0.15, 0.2) is 0 Å². The Morgan fingerprint density at radius 3 is 2.93 bits per heavy atom. The lowest BCUT2D eigenvalue weighted by atomic mass is 10.2. The van der Waals surface area contributed by atoms with Gasteiger partial charge in [-0.1, -0.05) is 0 Å². The Morgan fingerprint density at radius 1 is 1.57 bits per heavy atom. The van der Waals surface area contributed by atoms with Crippen molar-refractivity contribution in [3.63, 3.8) is 0 Å². The van der Waals surface area contributed by atoms with Crippen molar-refractivity contribution in [2.75, 3.05) is 40.3 Å². The molecular weight excluding hydrogens is 178 g/mol. The van der Waals surface area contributed by atoms with Crippen molar-refractivity contribution in [2.45, 2.75) is 19.4 Å². The fourth-order valence-electron chi connectivity index (χ4n) is 1.82. The van der Waals surface area contributed by atoms with Gasteiger partial charge in [-0.25, -0.2) is 0 Å². The van der Waals surface area contributed by atoms with Crippen molar-refractivity contribution in [3.8, 4) is 0 Å². The first-order valence-electron chi connectivity index (χ1n) is 5.27. The summed E-state index contributed by atoms with van der Waals surface area (Å²) < 4.78 is 0. The molecule has 1 fully saturated rings. The Balaban J connectivity index is 2.33. The largest absolute Gasteiger partial charge is 0.343 e. The number of carbonyl (C=O) groups is 1. The first kappa shape index (κ1) is 11.5.